The monoisotopic (exact) mass is 364 g/mol. The minimum atomic E-state index is -1.75. The number of carbonyl (C=O) groups is 2. The van der Waals surface area contributed by atoms with Gasteiger partial charge in [-0.25, -0.2) is 0 Å². The van der Waals surface area contributed by atoms with Crippen molar-refractivity contribution < 1.29 is 24.9 Å². The Morgan fingerprint density at radius 1 is 1.23 bits per heavy atom. The van der Waals surface area contributed by atoms with Crippen LogP contribution in [0.15, 0.2) is 34.6 Å². The van der Waals surface area contributed by atoms with Gasteiger partial charge in [-0.1, -0.05) is 37.1 Å². The normalized spacial score (nSPS) is 23.8. The molecule has 0 heterocycles. The van der Waals surface area contributed by atoms with Gasteiger partial charge in [-0.15, -0.1) is 0 Å². The molecule has 0 aromatic heterocycles. The number of aliphatic hydroxyl groups is 3. The first-order chi connectivity index (χ1) is 12.0. The van der Waals surface area contributed by atoms with Crippen LogP contribution in [-0.4, -0.2) is 39.1 Å². The molecular formula is C21H32O5. The molecule has 3 N–H and O–H groups in total. The van der Waals surface area contributed by atoms with Crippen LogP contribution in [-0.2, 0) is 9.59 Å². The van der Waals surface area contributed by atoms with E-state index in [1.54, 1.807) is 13.0 Å². The van der Waals surface area contributed by atoms with E-state index in [0.29, 0.717) is 6.42 Å². The van der Waals surface area contributed by atoms with E-state index in [-0.39, 0.29) is 37.4 Å². The van der Waals surface area contributed by atoms with Gasteiger partial charge in [0, 0.05) is 6.42 Å². The van der Waals surface area contributed by atoms with E-state index in [1.807, 2.05) is 33.8 Å². The van der Waals surface area contributed by atoms with Crippen LogP contribution in [0.1, 0.15) is 60.3 Å². The van der Waals surface area contributed by atoms with Gasteiger partial charge in [0.1, 0.15) is 16.9 Å². The summed E-state index contributed by atoms with van der Waals surface area (Å²) in [5.74, 6) is -2.20. The molecule has 0 aromatic carbocycles. The maximum Gasteiger partial charge on any atom is 0.176 e. The van der Waals surface area contributed by atoms with Crippen molar-refractivity contribution in [3.8, 4) is 0 Å². The quantitative estimate of drug-likeness (QED) is 0.430. The molecular weight excluding hydrogens is 332 g/mol. The standard InChI is InChI=1S/C21H32O5/c1-13(2)8-9-16-19(24)18(17(23)11-14(3)4)20(25)21(16,26)10-6-7-15(5)12-22/h7-8,14,16,22,25-26H,6,9-12H2,1-5H3/t16-,21+/m0/s1. The highest BCUT2D eigenvalue weighted by Gasteiger charge is 2.53. The lowest BCUT2D eigenvalue weighted by molar-refractivity contribution is -0.126. The molecule has 1 aliphatic carbocycles. The average molecular weight is 364 g/mol. The Balaban J connectivity index is 3.23. The van der Waals surface area contributed by atoms with Crippen molar-refractivity contribution >= 4 is 11.6 Å². The summed E-state index contributed by atoms with van der Waals surface area (Å²) in [4.78, 5) is 25.3. The zero-order valence-corrected chi connectivity index (χ0v) is 16.5. The first kappa shape index (κ1) is 22.3. The summed E-state index contributed by atoms with van der Waals surface area (Å²) in [6.07, 6.45) is 4.52. The molecule has 0 aliphatic heterocycles. The van der Waals surface area contributed by atoms with Gasteiger partial charge >= 0.3 is 0 Å². The second kappa shape index (κ2) is 9.28. The third kappa shape index (κ3) is 5.15. The van der Waals surface area contributed by atoms with E-state index < -0.39 is 28.8 Å². The number of ketones is 2. The lowest BCUT2D eigenvalue weighted by atomic mass is 9.82. The van der Waals surface area contributed by atoms with E-state index in [2.05, 4.69) is 0 Å². The number of Topliss-reactive ketones (excluding diaryl/α,β-unsaturated/α-hetero) is 2. The second-order valence-corrected chi connectivity index (χ2v) is 7.85. The van der Waals surface area contributed by atoms with Gasteiger partial charge in [0.05, 0.1) is 12.5 Å². The molecule has 2 atom stereocenters. The molecule has 5 nitrogen and oxygen atoms in total. The minimum absolute atomic E-state index is 0.0515. The number of hydrogen-bond acceptors (Lipinski definition) is 5. The van der Waals surface area contributed by atoms with Crippen LogP contribution in [0.5, 0.6) is 0 Å². The molecule has 0 saturated heterocycles. The predicted molar refractivity (Wildman–Crippen MR) is 102 cm³/mol. The van der Waals surface area contributed by atoms with E-state index in [0.717, 1.165) is 11.1 Å². The zero-order chi connectivity index (χ0) is 20.1. The molecule has 26 heavy (non-hydrogen) atoms. The minimum Gasteiger partial charge on any atom is -0.508 e. The fraction of sp³-hybridized carbons (Fsp3) is 0.619. The SMILES string of the molecule is CC(C)=CC[C@H]1C(=O)C(C(=O)CC(C)C)=C(O)[C@@]1(O)CCC=C(C)CO. The molecule has 0 bridgehead atoms. The molecule has 0 unspecified atom stereocenters. The van der Waals surface area contributed by atoms with Gasteiger partial charge in [-0.3, -0.25) is 9.59 Å². The molecule has 146 valence electrons. The topological polar surface area (TPSA) is 94.8 Å². The van der Waals surface area contributed by atoms with E-state index >= 15 is 0 Å². The van der Waals surface area contributed by atoms with Crippen LogP contribution in [0.4, 0.5) is 0 Å². The molecule has 0 amide bonds. The van der Waals surface area contributed by atoms with Crippen LogP contribution >= 0.6 is 0 Å². The molecule has 0 fully saturated rings. The molecule has 0 spiro atoms. The Morgan fingerprint density at radius 3 is 2.35 bits per heavy atom. The predicted octanol–water partition coefficient (Wildman–Crippen LogP) is 3.42. The summed E-state index contributed by atoms with van der Waals surface area (Å²) >= 11 is 0. The van der Waals surface area contributed by atoms with Crippen molar-refractivity contribution in [3.63, 3.8) is 0 Å². The molecule has 0 aromatic rings. The smallest absolute Gasteiger partial charge is 0.176 e. The fourth-order valence-electron chi connectivity index (χ4n) is 3.18. The van der Waals surface area contributed by atoms with Crippen molar-refractivity contribution in [2.45, 2.75) is 65.9 Å². The molecule has 0 radical (unpaired) electrons. The highest BCUT2D eigenvalue weighted by molar-refractivity contribution is 6.23. The summed E-state index contributed by atoms with van der Waals surface area (Å²) in [5.41, 5.74) is -0.246. The van der Waals surface area contributed by atoms with Gasteiger partial charge in [0.15, 0.2) is 11.6 Å². The van der Waals surface area contributed by atoms with Gasteiger partial charge in [-0.05, 0) is 46.0 Å². The Kier molecular flexibility index (Phi) is 7.97. The van der Waals surface area contributed by atoms with Crippen molar-refractivity contribution in [2.75, 3.05) is 6.61 Å². The summed E-state index contributed by atoms with van der Waals surface area (Å²) in [7, 11) is 0. The highest BCUT2D eigenvalue weighted by Crippen LogP contribution is 2.43. The fourth-order valence-corrected chi connectivity index (χ4v) is 3.18. The van der Waals surface area contributed by atoms with Gasteiger partial charge < -0.3 is 15.3 Å². The van der Waals surface area contributed by atoms with Gasteiger partial charge in [-0.2, -0.15) is 0 Å². The second-order valence-electron chi connectivity index (χ2n) is 7.85. The van der Waals surface area contributed by atoms with E-state index in [9.17, 15) is 19.8 Å². The maximum absolute atomic E-state index is 12.8. The lowest BCUT2D eigenvalue weighted by Crippen LogP contribution is -2.38. The van der Waals surface area contributed by atoms with Crippen LogP contribution in [0.2, 0.25) is 0 Å². The molecule has 5 heteroatoms. The third-order valence-electron chi connectivity index (χ3n) is 4.69. The number of rotatable bonds is 9. The Hall–Kier alpha value is -1.72. The first-order valence-corrected chi connectivity index (χ1v) is 9.17. The number of carbonyl (C=O) groups excluding carboxylic acids is 2. The maximum atomic E-state index is 12.8. The Morgan fingerprint density at radius 2 is 1.85 bits per heavy atom. The lowest BCUT2D eigenvalue weighted by Gasteiger charge is -2.28. The summed E-state index contributed by atoms with van der Waals surface area (Å²) in [5, 5.41) is 30.8. The summed E-state index contributed by atoms with van der Waals surface area (Å²) < 4.78 is 0. The zero-order valence-electron chi connectivity index (χ0n) is 16.5. The number of hydrogen-bond donors (Lipinski definition) is 3. The van der Waals surface area contributed by atoms with Crippen molar-refractivity contribution in [1.29, 1.82) is 0 Å². The van der Waals surface area contributed by atoms with Gasteiger partial charge in [0.25, 0.3) is 0 Å². The van der Waals surface area contributed by atoms with E-state index in [1.165, 1.54) is 0 Å². The number of aliphatic hydroxyl groups excluding tert-OH is 2. The van der Waals surface area contributed by atoms with E-state index in [4.69, 9.17) is 5.11 Å². The molecule has 0 saturated carbocycles. The molecule has 1 aliphatic rings. The highest BCUT2D eigenvalue weighted by atomic mass is 16.3. The third-order valence-corrected chi connectivity index (χ3v) is 4.69. The van der Waals surface area contributed by atoms with Crippen molar-refractivity contribution in [3.05, 3.63) is 34.6 Å². The van der Waals surface area contributed by atoms with Crippen molar-refractivity contribution in [2.24, 2.45) is 11.8 Å². The molecule has 1 rings (SSSR count). The first-order valence-electron chi connectivity index (χ1n) is 9.17. The van der Waals surface area contributed by atoms with Crippen molar-refractivity contribution in [1.82, 2.24) is 0 Å². The Bertz CT molecular complexity index is 635. The van der Waals surface area contributed by atoms with Crippen LogP contribution in [0.25, 0.3) is 0 Å². The summed E-state index contributed by atoms with van der Waals surface area (Å²) in [6.45, 7) is 9.19. The van der Waals surface area contributed by atoms with Gasteiger partial charge in [0.2, 0.25) is 0 Å². The summed E-state index contributed by atoms with van der Waals surface area (Å²) in [6, 6.07) is 0. The Labute approximate surface area is 156 Å². The largest absolute Gasteiger partial charge is 0.508 e. The number of allylic oxidation sites excluding steroid dienone is 4. The van der Waals surface area contributed by atoms with Crippen LogP contribution < -0.4 is 0 Å². The average Bonchev–Trinajstić information content (AvgIpc) is 2.71. The van der Waals surface area contributed by atoms with Crippen LogP contribution in [0, 0.1) is 11.8 Å². The van der Waals surface area contributed by atoms with Crippen LogP contribution in [0.3, 0.4) is 0 Å².